The van der Waals surface area contributed by atoms with E-state index >= 15 is 0 Å². The van der Waals surface area contributed by atoms with E-state index in [0.717, 1.165) is 23.1 Å². The molecule has 1 atom stereocenters. The van der Waals surface area contributed by atoms with Crippen LogP contribution < -0.4 is 5.32 Å². The summed E-state index contributed by atoms with van der Waals surface area (Å²) in [6, 6.07) is 2.44. The van der Waals surface area contributed by atoms with Gasteiger partial charge in [-0.1, -0.05) is 12.5 Å². The number of likely N-dealkylation sites (tertiary alicyclic amines) is 1. The number of nitrogens with zero attached hydrogens (tertiary/aromatic N) is 1. The maximum absolute atomic E-state index is 14.1. The molecule has 1 N–H and O–H groups in total. The number of hydrogen-bond donors (Lipinski definition) is 1. The third-order valence-electron chi connectivity index (χ3n) is 4.30. The Hall–Kier alpha value is -2.23. The number of esters is 1. The second-order valence-electron chi connectivity index (χ2n) is 6.03. The summed E-state index contributed by atoms with van der Waals surface area (Å²) in [6.07, 6.45) is -3.90. The topological polar surface area (TPSA) is 58.6 Å². The van der Waals surface area contributed by atoms with E-state index in [0.29, 0.717) is 19.3 Å². The third kappa shape index (κ3) is 4.05. The van der Waals surface area contributed by atoms with Crippen molar-refractivity contribution < 1.29 is 36.3 Å². The van der Waals surface area contributed by atoms with Gasteiger partial charge in [-0.25, -0.2) is 13.6 Å². The number of carbonyl (C=O) groups is 2. The zero-order valence-electron chi connectivity index (χ0n) is 14.5. The van der Waals surface area contributed by atoms with Crippen LogP contribution in [0.25, 0.3) is 0 Å². The number of hydrogen-bond acceptors (Lipinski definition) is 4. The summed E-state index contributed by atoms with van der Waals surface area (Å²) in [5, 5.41) is 1.53. The smallest absolute Gasteiger partial charge is 0.436 e. The van der Waals surface area contributed by atoms with Gasteiger partial charge in [0.2, 0.25) is 0 Å². The zero-order valence-corrected chi connectivity index (χ0v) is 14.5. The molecule has 0 unspecified atom stereocenters. The van der Waals surface area contributed by atoms with Gasteiger partial charge in [0.1, 0.15) is 17.2 Å². The van der Waals surface area contributed by atoms with Gasteiger partial charge >= 0.3 is 12.1 Å². The van der Waals surface area contributed by atoms with Crippen molar-refractivity contribution >= 4 is 11.9 Å². The molecule has 27 heavy (non-hydrogen) atoms. The highest BCUT2D eigenvalue weighted by atomic mass is 19.4. The highest BCUT2D eigenvalue weighted by Crippen LogP contribution is 2.37. The van der Waals surface area contributed by atoms with Crippen molar-refractivity contribution in [2.75, 3.05) is 19.7 Å². The Kier molecular flexibility index (Phi) is 6.40. The summed E-state index contributed by atoms with van der Waals surface area (Å²) in [7, 11) is 0. The molecular weight excluding hydrogens is 375 g/mol. The highest BCUT2D eigenvalue weighted by molar-refractivity contribution is 5.98. The summed E-state index contributed by atoms with van der Waals surface area (Å²) in [6.45, 7) is 0.665. The van der Waals surface area contributed by atoms with Crippen LogP contribution in [-0.2, 0) is 9.53 Å². The van der Waals surface area contributed by atoms with E-state index in [1.54, 1.807) is 0 Å². The summed E-state index contributed by atoms with van der Waals surface area (Å²) in [4.78, 5) is 25.5. The van der Waals surface area contributed by atoms with Gasteiger partial charge in [0.05, 0.1) is 6.61 Å². The minimum atomic E-state index is -5.28. The minimum Gasteiger partial charge on any atom is -0.463 e. The lowest BCUT2D eigenvalue weighted by atomic mass is 10.0. The molecule has 1 fully saturated rings. The molecule has 0 spiro atoms. The number of alkyl halides is 3. The third-order valence-corrected chi connectivity index (χ3v) is 4.30. The van der Waals surface area contributed by atoms with Crippen LogP contribution in [0.2, 0.25) is 0 Å². The Labute approximate surface area is 152 Å². The van der Waals surface area contributed by atoms with Gasteiger partial charge in [0.25, 0.3) is 11.6 Å². The fourth-order valence-corrected chi connectivity index (χ4v) is 3.03. The van der Waals surface area contributed by atoms with Crippen LogP contribution in [0.3, 0.4) is 0 Å². The SMILES string of the molecule is CCOC(=O)[C@](NC(=O)c1c(F)cccc1F)(N1CCCCC1)C(F)(F)F. The molecular formula is C17H19F5N2O3. The van der Waals surface area contributed by atoms with E-state index in [9.17, 15) is 31.5 Å². The molecule has 1 aliphatic rings. The second-order valence-corrected chi connectivity index (χ2v) is 6.03. The maximum Gasteiger partial charge on any atom is 0.436 e. The van der Waals surface area contributed by atoms with Crippen molar-refractivity contribution in [3.63, 3.8) is 0 Å². The lowest BCUT2D eigenvalue weighted by Crippen LogP contribution is -2.74. The number of halogens is 5. The fraction of sp³-hybridized carbons (Fsp3) is 0.529. The van der Waals surface area contributed by atoms with Crippen molar-refractivity contribution in [1.29, 1.82) is 0 Å². The number of ether oxygens (including phenoxy) is 1. The Morgan fingerprint density at radius 1 is 1.11 bits per heavy atom. The van der Waals surface area contributed by atoms with Crippen molar-refractivity contribution in [2.45, 2.75) is 38.0 Å². The molecule has 150 valence electrons. The maximum atomic E-state index is 14.1. The predicted octanol–water partition coefficient (Wildman–Crippen LogP) is 3.00. The van der Waals surface area contributed by atoms with Crippen LogP contribution in [-0.4, -0.2) is 48.3 Å². The summed E-state index contributed by atoms with van der Waals surface area (Å²) >= 11 is 0. The normalized spacial score (nSPS) is 17.9. The zero-order chi connectivity index (χ0) is 20.2. The number of carbonyl (C=O) groups excluding carboxylic acids is 2. The quantitative estimate of drug-likeness (QED) is 0.616. The molecule has 10 heteroatoms. The molecule has 1 aromatic carbocycles. The Bertz CT molecular complexity index is 684. The molecule has 1 heterocycles. The standard InChI is InChI=1S/C17H19F5N2O3/c1-2-27-15(26)16(17(20,21)22,24-9-4-3-5-10-24)23-14(25)13-11(18)7-6-8-12(13)19/h6-8H,2-5,9-10H2,1H3,(H,23,25)/t16-/m0/s1. The van der Waals surface area contributed by atoms with Crippen molar-refractivity contribution in [2.24, 2.45) is 0 Å². The number of amides is 1. The average molecular weight is 394 g/mol. The lowest BCUT2D eigenvalue weighted by Gasteiger charge is -2.44. The molecule has 0 radical (unpaired) electrons. The molecule has 1 aromatic rings. The first-order valence-electron chi connectivity index (χ1n) is 8.40. The first-order chi connectivity index (χ1) is 12.6. The van der Waals surface area contributed by atoms with E-state index in [4.69, 9.17) is 0 Å². The van der Waals surface area contributed by atoms with Gasteiger partial charge in [-0.15, -0.1) is 0 Å². The van der Waals surface area contributed by atoms with Crippen molar-refractivity contribution in [3.8, 4) is 0 Å². The monoisotopic (exact) mass is 394 g/mol. The molecule has 1 aliphatic heterocycles. The van der Waals surface area contributed by atoms with E-state index in [1.807, 2.05) is 0 Å². The highest BCUT2D eigenvalue weighted by Gasteiger charge is 2.66. The Morgan fingerprint density at radius 2 is 1.67 bits per heavy atom. The van der Waals surface area contributed by atoms with Gasteiger partial charge in [0, 0.05) is 13.1 Å². The summed E-state index contributed by atoms with van der Waals surface area (Å²) in [5.41, 5.74) is -4.73. The number of benzene rings is 1. The Balaban J connectivity index is 2.53. The minimum absolute atomic E-state index is 0.141. The van der Waals surface area contributed by atoms with Crippen LogP contribution >= 0.6 is 0 Å². The molecule has 0 bridgehead atoms. The lowest BCUT2D eigenvalue weighted by molar-refractivity contribution is -0.248. The molecule has 2 rings (SSSR count). The Morgan fingerprint density at radius 3 is 2.15 bits per heavy atom. The van der Waals surface area contributed by atoms with Crippen LogP contribution in [0, 0.1) is 11.6 Å². The average Bonchev–Trinajstić information content (AvgIpc) is 2.59. The van der Waals surface area contributed by atoms with E-state index < -0.39 is 40.9 Å². The van der Waals surface area contributed by atoms with Crippen molar-refractivity contribution in [3.05, 3.63) is 35.4 Å². The van der Waals surface area contributed by atoms with Crippen LogP contribution in [0.5, 0.6) is 0 Å². The molecule has 1 saturated heterocycles. The van der Waals surface area contributed by atoms with E-state index in [-0.39, 0.29) is 19.7 Å². The largest absolute Gasteiger partial charge is 0.463 e. The van der Waals surface area contributed by atoms with Crippen molar-refractivity contribution in [1.82, 2.24) is 10.2 Å². The number of rotatable bonds is 5. The van der Waals surface area contributed by atoms with Gasteiger partial charge in [-0.2, -0.15) is 13.2 Å². The van der Waals surface area contributed by atoms with Gasteiger partial charge in [-0.3, -0.25) is 9.69 Å². The number of piperidine rings is 1. The first-order valence-corrected chi connectivity index (χ1v) is 8.40. The summed E-state index contributed by atoms with van der Waals surface area (Å²) in [5.74, 6) is -6.12. The van der Waals surface area contributed by atoms with Gasteiger partial charge in [0.15, 0.2) is 0 Å². The number of nitrogens with one attached hydrogen (secondary N) is 1. The summed E-state index contributed by atoms with van der Waals surface area (Å²) < 4.78 is 74.5. The predicted molar refractivity (Wildman–Crippen MR) is 84.7 cm³/mol. The van der Waals surface area contributed by atoms with E-state index in [2.05, 4.69) is 4.74 Å². The first kappa shape index (κ1) is 21.1. The van der Waals surface area contributed by atoms with E-state index in [1.165, 1.54) is 12.2 Å². The molecule has 0 aliphatic carbocycles. The van der Waals surface area contributed by atoms with Gasteiger partial charge < -0.3 is 10.1 Å². The molecule has 0 aromatic heterocycles. The fourth-order valence-electron chi connectivity index (χ4n) is 3.03. The molecule has 5 nitrogen and oxygen atoms in total. The van der Waals surface area contributed by atoms with Crippen LogP contribution in [0.4, 0.5) is 22.0 Å². The second kappa shape index (κ2) is 8.20. The molecule has 0 saturated carbocycles. The van der Waals surface area contributed by atoms with Crippen LogP contribution in [0.1, 0.15) is 36.5 Å². The molecule has 1 amide bonds. The van der Waals surface area contributed by atoms with Gasteiger partial charge in [-0.05, 0) is 31.9 Å². The van der Waals surface area contributed by atoms with Crippen LogP contribution in [0.15, 0.2) is 18.2 Å².